The highest BCUT2D eigenvalue weighted by Crippen LogP contribution is 2.18. The zero-order chi connectivity index (χ0) is 12.7. The van der Waals surface area contributed by atoms with Crippen LogP contribution in [-0.4, -0.2) is 23.7 Å². The predicted molar refractivity (Wildman–Crippen MR) is 66.3 cm³/mol. The second-order valence-corrected chi connectivity index (χ2v) is 4.10. The zero-order valence-corrected chi connectivity index (χ0v) is 10.2. The third kappa shape index (κ3) is 4.76. The van der Waals surface area contributed by atoms with Gasteiger partial charge in [-0.05, 0) is 24.8 Å². The van der Waals surface area contributed by atoms with Crippen molar-refractivity contribution >= 4 is 5.97 Å². The van der Waals surface area contributed by atoms with Gasteiger partial charge in [0.05, 0.1) is 6.54 Å². The monoisotopic (exact) mass is 234 g/mol. The summed E-state index contributed by atoms with van der Waals surface area (Å²) >= 11 is 0. The second-order valence-electron chi connectivity index (χ2n) is 4.10. The van der Waals surface area contributed by atoms with E-state index in [-0.39, 0.29) is 0 Å². The summed E-state index contributed by atoms with van der Waals surface area (Å²) in [5.74, 6) is -0.528. The van der Waals surface area contributed by atoms with Crippen molar-refractivity contribution < 1.29 is 9.90 Å². The SMILES string of the molecule is CC(N=NCCC(C)c1ccccc1)C(=O)O. The van der Waals surface area contributed by atoms with Crippen LogP contribution < -0.4 is 0 Å². The van der Waals surface area contributed by atoms with E-state index in [0.717, 1.165) is 6.42 Å². The lowest BCUT2D eigenvalue weighted by atomic mass is 9.98. The average molecular weight is 234 g/mol. The quantitative estimate of drug-likeness (QED) is 0.769. The van der Waals surface area contributed by atoms with Crippen LogP contribution in [0.4, 0.5) is 0 Å². The Hall–Kier alpha value is -1.71. The van der Waals surface area contributed by atoms with E-state index < -0.39 is 12.0 Å². The molecule has 1 rings (SSSR count). The van der Waals surface area contributed by atoms with Gasteiger partial charge in [-0.15, -0.1) is 0 Å². The van der Waals surface area contributed by atoms with E-state index in [2.05, 4.69) is 29.3 Å². The summed E-state index contributed by atoms with van der Waals surface area (Å²) < 4.78 is 0. The van der Waals surface area contributed by atoms with Crippen molar-refractivity contribution in [3.63, 3.8) is 0 Å². The van der Waals surface area contributed by atoms with Crippen LogP contribution in [0.1, 0.15) is 31.7 Å². The van der Waals surface area contributed by atoms with Crippen LogP contribution in [0.15, 0.2) is 40.6 Å². The maximum Gasteiger partial charge on any atom is 0.330 e. The van der Waals surface area contributed by atoms with Crippen molar-refractivity contribution in [1.82, 2.24) is 0 Å². The van der Waals surface area contributed by atoms with Gasteiger partial charge in [-0.1, -0.05) is 37.3 Å². The average Bonchev–Trinajstić information content (AvgIpc) is 2.35. The Morgan fingerprint density at radius 3 is 2.53 bits per heavy atom. The van der Waals surface area contributed by atoms with Crippen LogP contribution in [0.3, 0.4) is 0 Å². The molecule has 0 aromatic heterocycles. The third-order valence-corrected chi connectivity index (χ3v) is 2.64. The maximum atomic E-state index is 10.5. The zero-order valence-electron chi connectivity index (χ0n) is 10.2. The number of aliphatic carboxylic acids is 1. The number of hydrogen-bond donors (Lipinski definition) is 1. The highest BCUT2D eigenvalue weighted by molar-refractivity contribution is 5.72. The summed E-state index contributed by atoms with van der Waals surface area (Å²) in [6, 6.07) is 9.44. The van der Waals surface area contributed by atoms with Gasteiger partial charge in [0.15, 0.2) is 6.04 Å². The molecule has 0 aliphatic heterocycles. The first-order valence-electron chi connectivity index (χ1n) is 5.75. The van der Waals surface area contributed by atoms with E-state index in [1.165, 1.54) is 12.5 Å². The van der Waals surface area contributed by atoms with Crippen LogP contribution in [0.5, 0.6) is 0 Å². The van der Waals surface area contributed by atoms with Gasteiger partial charge in [0.25, 0.3) is 0 Å². The highest BCUT2D eigenvalue weighted by atomic mass is 16.4. The van der Waals surface area contributed by atoms with Crippen LogP contribution in [0.2, 0.25) is 0 Å². The molecule has 1 aromatic rings. The van der Waals surface area contributed by atoms with E-state index in [4.69, 9.17) is 5.11 Å². The lowest BCUT2D eigenvalue weighted by Gasteiger charge is -2.09. The van der Waals surface area contributed by atoms with Crippen LogP contribution in [-0.2, 0) is 4.79 Å². The molecule has 0 saturated heterocycles. The molecule has 17 heavy (non-hydrogen) atoms. The molecule has 92 valence electrons. The van der Waals surface area contributed by atoms with Crippen LogP contribution in [0, 0.1) is 0 Å². The third-order valence-electron chi connectivity index (χ3n) is 2.64. The first-order valence-corrected chi connectivity index (χ1v) is 5.75. The number of benzene rings is 1. The number of carbonyl (C=O) groups is 1. The van der Waals surface area contributed by atoms with Crippen molar-refractivity contribution in [3.05, 3.63) is 35.9 Å². The number of rotatable bonds is 6. The Kier molecular flexibility index (Phi) is 5.33. The summed E-state index contributed by atoms with van der Waals surface area (Å²) in [6.07, 6.45) is 0.875. The topological polar surface area (TPSA) is 62.0 Å². The fraction of sp³-hybridized carbons (Fsp3) is 0.462. The fourth-order valence-electron chi connectivity index (χ4n) is 1.43. The Balaban J connectivity index is 2.34. The Morgan fingerprint density at radius 1 is 1.29 bits per heavy atom. The van der Waals surface area contributed by atoms with Gasteiger partial charge in [-0.25, -0.2) is 4.79 Å². The molecular formula is C13H18N2O2. The largest absolute Gasteiger partial charge is 0.480 e. The van der Waals surface area contributed by atoms with Gasteiger partial charge in [-0.2, -0.15) is 10.2 Å². The van der Waals surface area contributed by atoms with E-state index in [9.17, 15) is 4.79 Å². The van der Waals surface area contributed by atoms with Crippen molar-refractivity contribution in [1.29, 1.82) is 0 Å². The second kappa shape index (κ2) is 6.78. The molecule has 0 radical (unpaired) electrons. The molecule has 0 spiro atoms. The van der Waals surface area contributed by atoms with Crippen molar-refractivity contribution in [2.45, 2.75) is 32.2 Å². The number of hydrogen-bond acceptors (Lipinski definition) is 3. The Bertz CT molecular complexity index is 376. The summed E-state index contributed by atoms with van der Waals surface area (Å²) in [5, 5.41) is 16.2. The number of nitrogens with zero attached hydrogens (tertiary/aromatic N) is 2. The van der Waals surface area contributed by atoms with E-state index in [1.54, 1.807) is 0 Å². The first kappa shape index (κ1) is 13.4. The minimum Gasteiger partial charge on any atom is -0.480 e. The molecule has 0 saturated carbocycles. The molecule has 4 heteroatoms. The normalized spacial score (nSPS) is 14.7. The van der Waals surface area contributed by atoms with Gasteiger partial charge < -0.3 is 5.11 Å². The van der Waals surface area contributed by atoms with E-state index >= 15 is 0 Å². The fourth-order valence-corrected chi connectivity index (χ4v) is 1.43. The number of azo groups is 1. The highest BCUT2D eigenvalue weighted by Gasteiger charge is 2.08. The van der Waals surface area contributed by atoms with Gasteiger partial charge in [0.1, 0.15) is 0 Å². The molecule has 1 aromatic carbocycles. The summed E-state index contributed by atoms with van der Waals surface area (Å²) in [5.41, 5.74) is 1.27. The molecule has 0 fully saturated rings. The van der Waals surface area contributed by atoms with Gasteiger partial charge in [0.2, 0.25) is 0 Å². The van der Waals surface area contributed by atoms with Crippen molar-refractivity contribution in [3.8, 4) is 0 Å². The van der Waals surface area contributed by atoms with Gasteiger partial charge in [0, 0.05) is 0 Å². The van der Waals surface area contributed by atoms with Gasteiger partial charge in [-0.3, -0.25) is 0 Å². The van der Waals surface area contributed by atoms with Crippen molar-refractivity contribution in [2.75, 3.05) is 6.54 Å². The molecule has 2 atom stereocenters. The van der Waals surface area contributed by atoms with Gasteiger partial charge >= 0.3 is 5.97 Å². The molecule has 0 heterocycles. The van der Waals surface area contributed by atoms with E-state index in [1.807, 2.05) is 18.2 Å². The molecule has 2 unspecified atom stereocenters. The lowest BCUT2D eigenvalue weighted by molar-refractivity contribution is -0.138. The number of carboxylic acids is 1. The van der Waals surface area contributed by atoms with Crippen molar-refractivity contribution in [2.24, 2.45) is 10.2 Å². The Labute approximate surface area is 101 Å². The summed E-state index contributed by atoms with van der Waals surface area (Å²) in [4.78, 5) is 10.5. The molecule has 4 nitrogen and oxygen atoms in total. The number of carboxylic acid groups (broad SMARTS) is 1. The van der Waals surface area contributed by atoms with E-state index in [0.29, 0.717) is 12.5 Å². The molecular weight excluding hydrogens is 216 g/mol. The minimum atomic E-state index is -0.940. The molecule has 0 aliphatic rings. The van der Waals surface area contributed by atoms with Crippen LogP contribution in [0.25, 0.3) is 0 Å². The lowest BCUT2D eigenvalue weighted by Crippen LogP contribution is -2.12. The maximum absolute atomic E-state index is 10.5. The predicted octanol–water partition coefficient (Wildman–Crippen LogP) is 3.11. The smallest absolute Gasteiger partial charge is 0.330 e. The van der Waals surface area contributed by atoms with Crippen LogP contribution >= 0.6 is 0 Å². The molecule has 0 aliphatic carbocycles. The Morgan fingerprint density at radius 2 is 1.94 bits per heavy atom. The molecule has 0 bridgehead atoms. The standard InChI is InChI=1S/C13H18N2O2/c1-10(12-6-4-3-5-7-12)8-9-14-15-11(2)13(16)17/h3-7,10-11H,8-9H2,1-2H3,(H,16,17). The minimum absolute atomic E-state index is 0.412. The summed E-state index contributed by atoms with van der Waals surface area (Å²) in [6.45, 7) is 4.21. The molecule has 1 N–H and O–H groups in total. The summed E-state index contributed by atoms with van der Waals surface area (Å²) in [7, 11) is 0. The molecule has 0 amide bonds. The first-order chi connectivity index (χ1) is 8.11.